The second-order valence-electron chi connectivity index (χ2n) is 1.00. The van der Waals surface area contributed by atoms with Gasteiger partial charge in [-0.1, -0.05) is 0 Å². The second kappa shape index (κ2) is 134. The van der Waals surface area contributed by atoms with Crippen LogP contribution in [-0.4, -0.2) is 0 Å². The van der Waals surface area contributed by atoms with E-state index in [0.29, 0.717) is 0 Å². The molecule has 0 bridgehead atoms. The summed E-state index contributed by atoms with van der Waals surface area (Å²) in [6.45, 7) is 15.0. The van der Waals surface area contributed by atoms with Crippen molar-refractivity contribution in [3.8, 4) is 0 Å². The average Bonchev–Trinajstić information content (AvgIpc) is 2.71. The molecule has 0 aromatic rings. The van der Waals surface area contributed by atoms with E-state index in [4.69, 9.17) is 0 Å². The molecule has 0 saturated carbocycles. The summed E-state index contributed by atoms with van der Waals surface area (Å²) in [7, 11) is 0. The molecule has 0 spiro atoms. The van der Waals surface area contributed by atoms with E-state index in [9.17, 15) is 0 Å². The Bertz CT molecular complexity index is 63.6. The molecule has 0 nitrogen and oxygen atoms in total. The Hall–Kier alpha value is 0.363. The van der Waals surface area contributed by atoms with E-state index in [2.05, 4.69) is 32.9 Å². The molecule has 17 heavy (non-hydrogen) atoms. The molecule has 0 amide bonds. The minimum Gasteiger partial charge on any atom is -0.358 e. The quantitative estimate of drug-likeness (QED) is 0.475. The van der Waals surface area contributed by atoms with Crippen molar-refractivity contribution in [3.63, 3.8) is 0 Å². The Kier molecular flexibility index (Phi) is 525. The van der Waals surface area contributed by atoms with E-state index in [0.717, 1.165) is 6.42 Å². The van der Waals surface area contributed by atoms with Crippen LogP contribution in [0.3, 0.4) is 0 Å². The van der Waals surface area contributed by atoms with Gasteiger partial charge >= 0.3 is 0 Å². The van der Waals surface area contributed by atoms with Crippen molar-refractivity contribution in [2.24, 2.45) is 0 Å². The molecule has 0 fully saturated rings. The summed E-state index contributed by atoms with van der Waals surface area (Å²) < 4.78 is 0. The van der Waals surface area contributed by atoms with Crippen molar-refractivity contribution in [2.45, 2.75) is 27.2 Å². The fourth-order valence-corrected chi connectivity index (χ4v) is 0.340. The first-order valence-electron chi connectivity index (χ1n) is 3.84. The third-order valence-corrected chi connectivity index (χ3v) is 0.586. The van der Waals surface area contributed by atoms with E-state index >= 15 is 0 Å². The first-order valence-corrected chi connectivity index (χ1v) is 3.84. The van der Waals surface area contributed by atoms with Gasteiger partial charge in [-0.2, -0.15) is 26.8 Å². The number of rotatable bonds is 0. The van der Waals surface area contributed by atoms with Gasteiger partial charge in [-0.05, 0) is 0 Å². The Morgan fingerprint density at radius 1 is 0.765 bits per heavy atom. The van der Waals surface area contributed by atoms with Gasteiger partial charge in [-0.15, -0.1) is 6.42 Å². The number of allylic oxidation sites excluding steroid dienone is 4. The summed E-state index contributed by atoms with van der Waals surface area (Å²) in [6, 6.07) is 0. The summed E-state index contributed by atoms with van der Waals surface area (Å²) in [5.74, 6) is 0. The third-order valence-electron chi connectivity index (χ3n) is 0.586. The molecule has 0 radical (unpaired) electrons. The SMILES string of the molecule is [C-]1=CC=CC1.[CH2-]C.[CH2-]C.[CH2-]C.[CH3-].[CH3-].[CH3-].[CH3-].[CH3-].[Zr]. The van der Waals surface area contributed by atoms with Gasteiger partial charge in [-0.25, -0.2) is 12.2 Å². The standard InChI is InChI=1S/C5H5.3C2H5.5CH3.Zr/c1-2-4-5-3-1;3*1-2;;;;;;/h1-3H,4H2;3*1H2,2H3;5*1H3;/q9*-1;. The molecule has 0 aliphatic heterocycles. The van der Waals surface area contributed by atoms with E-state index in [1.807, 2.05) is 12.2 Å². The maximum absolute atomic E-state index is 3.25. The fourth-order valence-electron chi connectivity index (χ4n) is 0.340. The predicted molar refractivity (Wildman–Crippen MR) is 86.7 cm³/mol. The van der Waals surface area contributed by atoms with Crippen molar-refractivity contribution in [3.05, 3.63) is 82.2 Å². The molecule has 0 atom stereocenters. The molecule has 0 aromatic carbocycles. The molecular weight excluding hydrogens is 283 g/mol. The molecule has 1 aliphatic carbocycles. The molecule has 0 N–H and O–H groups in total. The Morgan fingerprint density at radius 2 is 1.06 bits per heavy atom. The summed E-state index contributed by atoms with van der Waals surface area (Å²) >= 11 is 0. The Labute approximate surface area is 135 Å². The maximum Gasteiger partial charge on any atom is 0 e. The normalized spacial score (nSPS) is 6.24. The first-order chi connectivity index (χ1) is 5.50. The van der Waals surface area contributed by atoms with Crippen molar-refractivity contribution < 1.29 is 26.2 Å². The predicted octanol–water partition coefficient (Wildman–Crippen LogP) is 6.08. The molecule has 1 aliphatic rings. The van der Waals surface area contributed by atoms with Crippen LogP contribution in [0.5, 0.6) is 0 Å². The van der Waals surface area contributed by atoms with Gasteiger partial charge in [0.15, 0.2) is 0 Å². The van der Waals surface area contributed by atoms with Gasteiger partial charge in [0.05, 0.1) is 0 Å². The van der Waals surface area contributed by atoms with E-state index in [-0.39, 0.29) is 63.3 Å². The first kappa shape index (κ1) is 66.5. The van der Waals surface area contributed by atoms with Gasteiger partial charge in [0.1, 0.15) is 0 Å². The summed E-state index contributed by atoms with van der Waals surface area (Å²) in [5, 5.41) is 0. The summed E-state index contributed by atoms with van der Waals surface area (Å²) in [6.07, 6.45) is 10.0. The van der Waals surface area contributed by atoms with E-state index in [1.54, 1.807) is 20.8 Å². The Morgan fingerprint density at radius 3 is 1.12 bits per heavy atom. The van der Waals surface area contributed by atoms with Crippen molar-refractivity contribution in [1.29, 1.82) is 0 Å². The maximum atomic E-state index is 3.25. The van der Waals surface area contributed by atoms with E-state index < -0.39 is 0 Å². The van der Waals surface area contributed by atoms with Crippen LogP contribution in [0.25, 0.3) is 0 Å². The third kappa shape index (κ3) is 117. The van der Waals surface area contributed by atoms with Crippen LogP contribution in [0.1, 0.15) is 27.2 Å². The van der Waals surface area contributed by atoms with Gasteiger partial charge in [0.2, 0.25) is 0 Å². The van der Waals surface area contributed by atoms with Gasteiger partial charge in [0, 0.05) is 26.2 Å². The second-order valence-corrected chi connectivity index (χ2v) is 1.00. The minimum atomic E-state index is 0. The van der Waals surface area contributed by atoms with Crippen LogP contribution >= 0.6 is 0 Å². The summed E-state index contributed by atoms with van der Waals surface area (Å²) in [4.78, 5) is 0. The van der Waals surface area contributed by atoms with Crippen molar-refractivity contribution in [2.75, 3.05) is 0 Å². The van der Waals surface area contributed by atoms with E-state index in [1.165, 1.54) is 0 Å². The molecular formula is C16H35Zr-9. The average molecular weight is 319 g/mol. The van der Waals surface area contributed by atoms with Crippen LogP contribution in [-0.2, 0) is 26.2 Å². The molecule has 0 saturated heterocycles. The largest absolute Gasteiger partial charge is 0.358 e. The number of hydrogen-bond acceptors (Lipinski definition) is 0. The smallest absolute Gasteiger partial charge is 0 e. The van der Waals surface area contributed by atoms with Crippen LogP contribution in [0, 0.1) is 64.0 Å². The molecule has 0 aromatic heterocycles. The molecule has 0 heterocycles. The van der Waals surface area contributed by atoms with Crippen LogP contribution in [0.15, 0.2) is 18.2 Å². The van der Waals surface area contributed by atoms with Crippen molar-refractivity contribution >= 4 is 0 Å². The minimum absolute atomic E-state index is 0. The molecule has 1 heteroatoms. The zero-order valence-corrected chi connectivity index (χ0v) is 16.0. The van der Waals surface area contributed by atoms with Crippen LogP contribution < -0.4 is 0 Å². The topological polar surface area (TPSA) is 0 Å². The molecule has 0 unspecified atom stereocenters. The van der Waals surface area contributed by atoms with Gasteiger partial charge in [0.25, 0.3) is 0 Å². The Balaban J connectivity index is -0.00000000705. The fraction of sp³-hybridized carbons (Fsp3) is 0.250. The summed E-state index contributed by atoms with van der Waals surface area (Å²) in [5.41, 5.74) is 0. The molecule has 112 valence electrons. The monoisotopic (exact) mass is 317 g/mol. The van der Waals surface area contributed by atoms with Crippen LogP contribution in [0.2, 0.25) is 0 Å². The van der Waals surface area contributed by atoms with Gasteiger partial charge in [-0.3, -0.25) is 6.08 Å². The zero-order valence-electron chi connectivity index (χ0n) is 13.6. The zero-order chi connectivity index (χ0) is 9.54. The van der Waals surface area contributed by atoms with Crippen molar-refractivity contribution in [1.82, 2.24) is 0 Å². The number of hydrogen-bond donors (Lipinski definition) is 0. The van der Waals surface area contributed by atoms with Crippen LogP contribution in [0.4, 0.5) is 0 Å². The van der Waals surface area contributed by atoms with Gasteiger partial charge < -0.3 is 57.9 Å². The molecule has 1 rings (SSSR count).